The van der Waals surface area contributed by atoms with E-state index in [0.29, 0.717) is 18.2 Å². The van der Waals surface area contributed by atoms with Crippen LogP contribution in [0.15, 0.2) is 12.4 Å². The summed E-state index contributed by atoms with van der Waals surface area (Å²) >= 11 is 0. The largest absolute Gasteiger partial charge is 0.355 e. The number of amides is 1. The third-order valence-corrected chi connectivity index (χ3v) is 3.70. The van der Waals surface area contributed by atoms with Crippen LogP contribution in [-0.2, 0) is 0 Å². The minimum atomic E-state index is -0.164. The van der Waals surface area contributed by atoms with Gasteiger partial charge in [-0.2, -0.15) is 0 Å². The summed E-state index contributed by atoms with van der Waals surface area (Å²) in [7, 11) is 3.95. The maximum Gasteiger partial charge on any atom is 0.271 e. The predicted octanol–water partition coefficient (Wildman–Crippen LogP) is 1.00. The van der Waals surface area contributed by atoms with Crippen LogP contribution < -0.4 is 10.2 Å². The number of anilines is 1. The van der Waals surface area contributed by atoms with E-state index in [4.69, 9.17) is 0 Å². The summed E-state index contributed by atoms with van der Waals surface area (Å²) in [5.41, 5.74) is 0.377. The molecule has 6 heteroatoms. The van der Waals surface area contributed by atoms with Crippen molar-refractivity contribution in [1.82, 2.24) is 20.2 Å². The zero-order valence-electron chi connectivity index (χ0n) is 13.2. The SMILES string of the molecule is CC1CCCN(c2cnc(C(=O)NCCN(C)C)cn2)C1. The van der Waals surface area contributed by atoms with Gasteiger partial charge in [-0.05, 0) is 32.9 Å². The highest BCUT2D eigenvalue weighted by molar-refractivity contribution is 5.91. The van der Waals surface area contributed by atoms with Crippen molar-refractivity contribution in [2.75, 3.05) is 45.2 Å². The van der Waals surface area contributed by atoms with Gasteiger partial charge in [-0.15, -0.1) is 0 Å². The minimum absolute atomic E-state index is 0.164. The van der Waals surface area contributed by atoms with E-state index in [9.17, 15) is 4.79 Å². The Morgan fingerprint density at radius 1 is 1.43 bits per heavy atom. The number of hydrogen-bond acceptors (Lipinski definition) is 5. The van der Waals surface area contributed by atoms with Gasteiger partial charge < -0.3 is 15.1 Å². The molecule has 1 aromatic heterocycles. The topological polar surface area (TPSA) is 61.4 Å². The van der Waals surface area contributed by atoms with Crippen LogP contribution in [0.25, 0.3) is 0 Å². The summed E-state index contributed by atoms with van der Waals surface area (Å²) in [5.74, 6) is 1.39. The van der Waals surface area contributed by atoms with Gasteiger partial charge in [0, 0.05) is 26.2 Å². The number of likely N-dealkylation sites (N-methyl/N-ethyl adjacent to an activating group) is 1. The molecule has 1 aromatic rings. The van der Waals surface area contributed by atoms with Crippen molar-refractivity contribution >= 4 is 11.7 Å². The summed E-state index contributed by atoms with van der Waals surface area (Å²) in [6, 6.07) is 0. The predicted molar refractivity (Wildman–Crippen MR) is 83.5 cm³/mol. The first-order valence-corrected chi connectivity index (χ1v) is 7.56. The molecular formula is C15H25N5O. The van der Waals surface area contributed by atoms with Gasteiger partial charge in [0.2, 0.25) is 0 Å². The number of aromatic nitrogens is 2. The number of rotatable bonds is 5. The number of piperidine rings is 1. The van der Waals surface area contributed by atoms with Gasteiger partial charge in [-0.3, -0.25) is 4.79 Å². The molecule has 0 bridgehead atoms. The fourth-order valence-corrected chi connectivity index (χ4v) is 2.48. The molecule has 6 nitrogen and oxygen atoms in total. The molecule has 1 aliphatic heterocycles. The van der Waals surface area contributed by atoms with Crippen molar-refractivity contribution in [2.45, 2.75) is 19.8 Å². The Labute approximate surface area is 126 Å². The van der Waals surface area contributed by atoms with Crippen LogP contribution in [0.5, 0.6) is 0 Å². The molecule has 0 saturated carbocycles. The van der Waals surface area contributed by atoms with Crippen LogP contribution in [0.4, 0.5) is 5.82 Å². The van der Waals surface area contributed by atoms with Crippen molar-refractivity contribution in [1.29, 1.82) is 0 Å². The van der Waals surface area contributed by atoms with E-state index in [0.717, 1.165) is 25.5 Å². The van der Waals surface area contributed by atoms with Crippen molar-refractivity contribution in [3.8, 4) is 0 Å². The molecule has 1 unspecified atom stereocenters. The lowest BCUT2D eigenvalue weighted by molar-refractivity contribution is 0.0945. The molecule has 0 aliphatic carbocycles. The Kier molecular flexibility index (Phi) is 5.50. The van der Waals surface area contributed by atoms with Crippen molar-refractivity contribution in [3.05, 3.63) is 18.1 Å². The maximum atomic E-state index is 11.9. The van der Waals surface area contributed by atoms with E-state index in [-0.39, 0.29) is 5.91 Å². The van der Waals surface area contributed by atoms with Gasteiger partial charge >= 0.3 is 0 Å². The van der Waals surface area contributed by atoms with Gasteiger partial charge in [0.1, 0.15) is 11.5 Å². The first-order chi connectivity index (χ1) is 10.1. The van der Waals surface area contributed by atoms with Crippen LogP contribution >= 0.6 is 0 Å². The van der Waals surface area contributed by atoms with Gasteiger partial charge in [0.15, 0.2) is 0 Å². The van der Waals surface area contributed by atoms with Crippen LogP contribution in [-0.4, -0.2) is 61.0 Å². The summed E-state index contributed by atoms with van der Waals surface area (Å²) in [5, 5.41) is 2.84. The van der Waals surface area contributed by atoms with E-state index < -0.39 is 0 Å². The molecule has 1 aliphatic rings. The highest BCUT2D eigenvalue weighted by atomic mass is 16.1. The Hall–Kier alpha value is -1.69. The van der Waals surface area contributed by atoms with E-state index >= 15 is 0 Å². The molecule has 1 saturated heterocycles. The van der Waals surface area contributed by atoms with Crippen LogP contribution in [0.1, 0.15) is 30.3 Å². The summed E-state index contributed by atoms with van der Waals surface area (Å²) in [6.07, 6.45) is 5.74. The highest BCUT2D eigenvalue weighted by Gasteiger charge is 2.18. The molecule has 0 aromatic carbocycles. The quantitative estimate of drug-likeness (QED) is 0.877. The summed E-state index contributed by atoms with van der Waals surface area (Å²) in [4.78, 5) is 24.8. The number of carbonyl (C=O) groups excluding carboxylic acids is 1. The molecule has 2 heterocycles. The fourth-order valence-electron chi connectivity index (χ4n) is 2.48. The normalized spacial score (nSPS) is 18.9. The van der Waals surface area contributed by atoms with Crippen LogP contribution in [0.3, 0.4) is 0 Å². The van der Waals surface area contributed by atoms with Crippen molar-refractivity contribution in [3.63, 3.8) is 0 Å². The first-order valence-electron chi connectivity index (χ1n) is 7.56. The van der Waals surface area contributed by atoms with Gasteiger partial charge in [0.05, 0.1) is 12.4 Å². The Morgan fingerprint density at radius 3 is 2.86 bits per heavy atom. The molecule has 0 spiro atoms. The highest BCUT2D eigenvalue weighted by Crippen LogP contribution is 2.20. The summed E-state index contributed by atoms with van der Waals surface area (Å²) < 4.78 is 0. The van der Waals surface area contributed by atoms with Crippen LogP contribution in [0.2, 0.25) is 0 Å². The Balaban J connectivity index is 1.90. The minimum Gasteiger partial charge on any atom is -0.355 e. The van der Waals surface area contributed by atoms with E-state index in [1.165, 1.54) is 12.8 Å². The molecule has 1 fully saturated rings. The molecular weight excluding hydrogens is 266 g/mol. The van der Waals surface area contributed by atoms with Crippen molar-refractivity contribution in [2.24, 2.45) is 5.92 Å². The molecule has 21 heavy (non-hydrogen) atoms. The van der Waals surface area contributed by atoms with Gasteiger partial charge in [-0.1, -0.05) is 6.92 Å². The second-order valence-corrected chi connectivity index (χ2v) is 6.01. The lowest BCUT2D eigenvalue weighted by Gasteiger charge is -2.31. The Morgan fingerprint density at radius 2 is 2.24 bits per heavy atom. The van der Waals surface area contributed by atoms with E-state index in [1.807, 2.05) is 19.0 Å². The van der Waals surface area contributed by atoms with E-state index in [2.05, 4.69) is 27.1 Å². The number of nitrogens with zero attached hydrogens (tertiary/aromatic N) is 4. The average Bonchev–Trinajstić information content (AvgIpc) is 2.47. The smallest absolute Gasteiger partial charge is 0.271 e. The molecule has 2 rings (SSSR count). The number of hydrogen-bond donors (Lipinski definition) is 1. The molecule has 0 radical (unpaired) electrons. The lowest BCUT2D eigenvalue weighted by Crippen LogP contribution is -2.35. The first kappa shape index (κ1) is 15.7. The van der Waals surface area contributed by atoms with Gasteiger partial charge in [0.25, 0.3) is 5.91 Å². The Bertz CT molecular complexity index is 460. The van der Waals surface area contributed by atoms with Crippen LogP contribution in [0, 0.1) is 5.92 Å². The second kappa shape index (κ2) is 7.36. The number of nitrogens with one attached hydrogen (secondary N) is 1. The zero-order valence-corrected chi connectivity index (χ0v) is 13.2. The van der Waals surface area contributed by atoms with Crippen molar-refractivity contribution < 1.29 is 4.79 Å². The summed E-state index contributed by atoms with van der Waals surface area (Å²) in [6.45, 7) is 5.71. The maximum absolute atomic E-state index is 11.9. The fraction of sp³-hybridized carbons (Fsp3) is 0.667. The molecule has 1 N–H and O–H groups in total. The average molecular weight is 291 g/mol. The number of carbonyl (C=O) groups is 1. The standard InChI is InChI=1S/C15H25N5O/c1-12-5-4-7-20(11-12)14-10-17-13(9-18-14)15(21)16-6-8-19(2)3/h9-10,12H,4-8,11H2,1-3H3,(H,16,21). The molecule has 116 valence electrons. The third kappa shape index (κ3) is 4.67. The second-order valence-electron chi connectivity index (χ2n) is 6.01. The van der Waals surface area contributed by atoms with E-state index in [1.54, 1.807) is 12.4 Å². The molecule has 1 amide bonds. The third-order valence-electron chi connectivity index (χ3n) is 3.70. The zero-order chi connectivity index (χ0) is 15.2. The lowest BCUT2D eigenvalue weighted by atomic mass is 10.0. The monoisotopic (exact) mass is 291 g/mol. The van der Waals surface area contributed by atoms with Gasteiger partial charge in [-0.25, -0.2) is 9.97 Å². The molecule has 1 atom stereocenters.